The molecule has 2 nitrogen and oxygen atoms in total. The molecule has 1 aliphatic heterocycles. The van der Waals surface area contributed by atoms with Crippen molar-refractivity contribution < 1.29 is 9.47 Å². The topological polar surface area (TPSA) is 18.5 Å². The minimum absolute atomic E-state index is 0.346. The molecule has 1 heterocycles. The predicted molar refractivity (Wildman–Crippen MR) is 71.7 cm³/mol. The Labute approximate surface area is 113 Å². The SMILES string of the molecule is CCC(Br)c1cc2c(cc1Br)OCCCO2. The van der Waals surface area contributed by atoms with Gasteiger partial charge in [0.25, 0.3) is 0 Å². The van der Waals surface area contributed by atoms with Gasteiger partial charge in [-0.1, -0.05) is 38.8 Å². The minimum atomic E-state index is 0.346. The van der Waals surface area contributed by atoms with Gasteiger partial charge < -0.3 is 9.47 Å². The van der Waals surface area contributed by atoms with Gasteiger partial charge in [-0.3, -0.25) is 0 Å². The zero-order valence-corrected chi connectivity index (χ0v) is 12.3. The van der Waals surface area contributed by atoms with E-state index >= 15 is 0 Å². The molecule has 0 saturated carbocycles. The molecule has 0 amide bonds. The van der Waals surface area contributed by atoms with Gasteiger partial charge in [-0.05, 0) is 24.1 Å². The van der Waals surface area contributed by atoms with Crippen molar-refractivity contribution in [3.63, 3.8) is 0 Å². The van der Waals surface area contributed by atoms with Crippen LogP contribution in [0.25, 0.3) is 0 Å². The van der Waals surface area contributed by atoms with Gasteiger partial charge >= 0.3 is 0 Å². The Hall–Kier alpha value is -0.220. The van der Waals surface area contributed by atoms with E-state index in [0.29, 0.717) is 4.83 Å². The highest BCUT2D eigenvalue weighted by Gasteiger charge is 2.17. The first-order chi connectivity index (χ1) is 7.72. The number of fused-ring (bicyclic) bond motifs is 1. The van der Waals surface area contributed by atoms with Crippen LogP contribution in [-0.4, -0.2) is 13.2 Å². The van der Waals surface area contributed by atoms with Crippen LogP contribution in [0.4, 0.5) is 0 Å². The average Bonchev–Trinajstić information content (AvgIpc) is 2.51. The van der Waals surface area contributed by atoms with E-state index in [1.54, 1.807) is 0 Å². The van der Waals surface area contributed by atoms with Crippen LogP contribution in [0.15, 0.2) is 16.6 Å². The van der Waals surface area contributed by atoms with Crippen molar-refractivity contribution in [2.24, 2.45) is 0 Å². The highest BCUT2D eigenvalue weighted by molar-refractivity contribution is 9.11. The standard InChI is InChI=1S/C12H14Br2O2/c1-2-9(13)8-6-11-12(7-10(8)14)16-5-3-4-15-11/h6-7,9H,2-5H2,1H3. The molecule has 1 atom stereocenters. The molecule has 0 saturated heterocycles. The van der Waals surface area contributed by atoms with E-state index in [4.69, 9.17) is 9.47 Å². The highest BCUT2D eigenvalue weighted by Crippen LogP contribution is 2.40. The molecule has 4 heteroatoms. The summed E-state index contributed by atoms with van der Waals surface area (Å²) < 4.78 is 12.4. The van der Waals surface area contributed by atoms with E-state index in [2.05, 4.69) is 44.8 Å². The molecular weight excluding hydrogens is 336 g/mol. The Morgan fingerprint density at radius 3 is 2.50 bits per heavy atom. The van der Waals surface area contributed by atoms with Crippen LogP contribution in [0.3, 0.4) is 0 Å². The molecule has 2 rings (SSSR count). The van der Waals surface area contributed by atoms with Gasteiger partial charge in [0.2, 0.25) is 0 Å². The Morgan fingerprint density at radius 1 is 1.25 bits per heavy atom. The van der Waals surface area contributed by atoms with Crippen LogP contribution in [0.1, 0.15) is 30.2 Å². The second kappa shape index (κ2) is 5.41. The van der Waals surface area contributed by atoms with E-state index in [9.17, 15) is 0 Å². The maximum atomic E-state index is 5.67. The molecular formula is C12H14Br2O2. The molecule has 0 bridgehead atoms. The van der Waals surface area contributed by atoms with Crippen LogP contribution >= 0.6 is 31.9 Å². The van der Waals surface area contributed by atoms with E-state index in [1.165, 1.54) is 5.56 Å². The Morgan fingerprint density at radius 2 is 1.88 bits per heavy atom. The number of hydrogen-bond donors (Lipinski definition) is 0. The number of ether oxygens (including phenoxy) is 2. The van der Waals surface area contributed by atoms with Crippen molar-refractivity contribution in [3.8, 4) is 11.5 Å². The number of rotatable bonds is 2. The smallest absolute Gasteiger partial charge is 0.162 e. The average molecular weight is 350 g/mol. The quantitative estimate of drug-likeness (QED) is 0.734. The van der Waals surface area contributed by atoms with Crippen molar-refractivity contribution in [3.05, 3.63) is 22.2 Å². The zero-order valence-electron chi connectivity index (χ0n) is 9.13. The third kappa shape index (κ3) is 2.54. The van der Waals surface area contributed by atoms with E-state index < -0.39 is 0 Å². The molecule has 0 fully saturated rings. The third-order valence-corrected chi connectivity index (χ3v) is 4.39. The number of halogens is 2. The van der Waals surface area contributed by atoms with Crippen LogP contribution in [0.5, 0.6) is 11.5 Å². The molecule has 16 heavy (non-hydrogen) atoms. The molecule has 0 spiro atoms. The Bertz CT molecular complexity index is 380. The van der Waals surface area contributed by atoms with Gasteiger partial charge in [-0.15, -0.1) is 0 Å². The van der Waals surface area contributed by atoms with Gasteiger partial charge in [0, 0.05) is 15.7 Å². The fraction of sp³-hybridized carbons (Fsp3) is 0.500. The summed E-state index contributed by atoms with van der Waals surface area (Å²) in [5.74, 6) is 1.69. The Kier molecular flexibility index (Phi) is 4.14. The third-order valence-electron chi connectivity index (χ3n) is 2.56. The van der Waals surface area contributed by atoms with Crippen LogP contribution in [-0.2, 0) is 0 Å². The zero-order chi connectivity index (χ0) is 11.5. The number of alkyl halides is 1. The van der Waals surface area contributed by atoms with Crippen molar-refractivity contribution in [2.45, 2.75) is 24.6 Å². The molecule has 0 aliphatic carbocycles. The summed E-state index contributed by atoms with van der Waals surface area (Å²) >= 11 is 7.23. The summed E-state index contributed by atoms with van der Waals surface area (Å²) in [7, 11) is 0. The summed E-state index contributed by atoms with van der Waals surface area (Å²) in [6, 6.07) is 4.06. The summed E-state index contributed by atoms with van der Waals surface area (Å²) in [6.45, 7) is 3.60. The lowest BCUT2D eigenvalue weighted by Crippen LogP contribution is -1.97. The van der Waals surface area contributed by atoms with Crippen LogP contribution in [0.2, 0.25) is 0 Å². The molecule has 1 unspecified atom stereocenters. The van der Waals surface area contributed by atoms with Gasteiger partial charge in [0.15, 0.2) is 11.5 Å². The van der Waals surface area contributed by atoms with Crippen LogP contribution in [0, 0.1) is 0 Å². The molecule has 0 radical (unpaired) electrons. The normalized spacial score (nSPS) is 16.7. The second-order valence-corrected chi connectivity index (χ2v) is 5.71. The van der Waals surface area contributed by atoms with Gasteiger partial charge in [-0.25, -0.2) is 0 Å². The maximum absolute atomic E-state index is 5.67. The molecule has 1 aliphatic rings. The fourth-order valence-electron chi connectivity index (χ4n) is 1.66. The van der Waals surface area contributed by atoms with E-state index in [0.717, 1.165) is 42.0 Å². The molecule has 1 aromatic carbocycles. The summed E-state index contributed by atoms with van der Waals surface area (Å²) in [4.78, 5) is 0.346. The molecule has 88 valence electrons. The van der Waals surface area contributed by atoms with Crippen molar-refractivity contribution >= 4 is 31.9 Å². The van der Waals surface area contributed by atoms with E-state index in [-0.39, 0.29) is 0 Å². The van der Waals surface area contributed by atoms with Crippen LogP contribution < -0.4 is 9.47 Å². The molecule has 0 aromatic heterocycles. The maximum Gasteiger partial charge on any atom is 0.162 e. The minimum Gasteiger partial charge on any atom is -0.490 e. The van der Waals surface area contributed by atoms with E-state index in [1.807, 2.05) is 6.07 Å². The summed E-state index contributed by atoms with van der Waals surface area (Å²) in [5, 5.41) is 0. The predicted octanol–water partition coefficient (Wildman–Crippen LogP) is 4.46. The molecule has 1 aromatic rings. The first kappa shape index (κ1) is 12.2. The fourth-order valence-corrected chi connectivity index (χ4v) is 2.94. The number of hydrogen-bond acceptors (Lipinski definition) is 2. The number of benzene rings is 1. The van der Waals surface area contributed by atoms with Gasteiger partial charge in [0.1, 0.15) is 0 Å². The lowest BCUT2D eigenvalue weighted by atomic mass is 10.1. The first-order valence-corrected chi connectivity index (χ1v) is 7.16. The van der Waals surface area contributed by atoms with Crippen molar-refractivity contribution in [2.75, 3.05) is 13.2 Å². The Balaban J connectivity index is 2.38. The van der Waals surface area contributed by atoms with Gasteiger partial charge in [-0.2, -0.15) is 0 Å². The first-order valence-electron chi connectivity index (χ1n) is 5.45. The summed E-state index contributed by atoms with van der Waals surface area (Å²) in [5.41, 5.74) is 1.21. The van der Waals surface area contributed by atoms with Crippen molar-refractivity contribution in [1.82, 2.24) is 0 Å². The lowest BCUT2D eigenvalue weighted by molar-refractivity contribution is 0.297. The summed E-state index contributed by atoms with van der Waals surface area (Å²) in [6.07, 6.45) is 1.98. The lowest BCUT2D eigenvalue weighted by Gasteiger charge is -2.14. The van der Waals surface area contributed by atoms with Crippen molar-refractivity contribution in [1.29, 1.82) is 0 Å². The molecule has 0 N–H and O–H groups in total. The monoisotopic (exact) mass is 348 g/mol. The second-order valence-electron chi connectivity index (χ2n) is 3.75. The van der Waals surface area contributed by atoms with Gasteiger partial charge in [0.05, 0.1) is 13.2 Å². The largest absolute Gasteiger partial charge is 0.490 e. The highest BCUT2D eigenvalue weighted by atomic mass is 79.9.